The molecule has 160 valence electrons. The minimum Gasteiger partial charge on any atom is -0.490 e. The van der Waals surface area contributed by atoms with Crippen LogP contribution in [0.2, 0.25) is 0 Å². The van der Waals surface area contributed by atoms with Crippen LogP contribution in [0.3, 0.4) is 0 Å². The summed E-state index contributed by atoms with van der Waals surface area (Å²) in [5, 5.41) is 0. The molecule has 2 aromatic rings. The predicted octanol–water partition coefficient (Wildman–Crippen LogP) is 7.45. The molecule has 2 nitrogen and oxygen atoms in total. The highest BCUT2D eigenvalue weighted by atomic mass is 19.1. The molecule has 0 radical (unpaired) electrons. The normalized spacial score (nSPS) is 18.2. The molecule has 0 amide bonds. The van der Waals surface area contributed by atoms with Crippen molar-refractivity contribution in [3.05, 3.63) is 65.7 Å². The molecule has 0 N–H and O–H groups in total. The van der Waals surface area contributed by atoms with Crippen molar-refractivity contribution in [1.29, 1.82) is 0 Å². The highest BCUT2D eigenvalue weighted by Gasteiger charge is 2.19. The fourth-order valence-corrected chi connectivity index (χ4v) is 4.52. The highest BCUT2D eigenvalue weighted by Crippen LogP contribution is 2.32. The summed E-state index contributed by atoms with van der Waals surface area (Å²) in [6.45, 7) is 3.95. The highest BCUT2D eigenvalue weighted by molar-refractivity contribution is 5.79. The second-order valence-electron chi connectivity index (χ2n) is 8.52. The van der Waals surface area contributed by atoms with E-state index in [0.29, 0.717) is 17.1 Å². The van der Waals surface area contributed by atoms with Gasteiger partial charge in [-0.2, -0.15) is 0 Å². The molecular weight excluding hydrogens is 382 g/mol. The Bertz CT molecular complexity index is 809. The molecule has 4 heteroatoms. The summed E-state index contributed by atoms with van der Waals surface area (Å²) >= 11 is 0. The first-order chi connectivity index (χ1) is 14.6. The molecular formula is C26H30F2O2. The Balaban J connectivity index is 1.45. The van der Waals surface area contributed by atoms with Crippen molar-refractivity contribution in [1.82, 2.24) is 0 Å². The van der Waals surface area contributed by atoms with Crippen molar-refractivity contribution in [2.45, 2.75) is 76.4 Å². The molecule has 0 atom stereocenters. The number of hydrogen-bond donors (Lipinski definition) is 0. The third-order valence-electron chi connectivity index (χ3n) is 6.24. The van der Waals surface area contributed by atoms with Crippen LogP contribution in [0.4, 0.5) is 8.78 Å². The van der Waals surface area contributed by atoms with E-state index < -0.39 is 11.6 Å². The Morgan fingerprint density at radius 2 is 1.07 bits per heavy atom. The van der Waals surface area contributed by atoms with E-state index in [-0.39, 0.29) is 23.3 Å². The molecule has 2 saturated carbocycles. The first kappa shape index (κ1) is 20.9. The molecule has 2 aromatic carbocycles. The Hall–Kier alpha value is -2.36. The zero-order valence-electron chi connectivity index (χ0n) is 17.5. The molecule has 0 unspecified atom stereocenters. The average molecular weight is 413 g/mol. The van der Waals surface area contributed by atoms with Gasteiger partial charge in [0.05, 0.1) is 12.2 Å². The summed E-state index contributed by atoms with van der Waals surface area (Å²) in [6.07, 6.45) is 11.4. The van der Waals surface area contributed by atoms with Gasteiger partial charge in [0, 0.05) is 23.3 Å². The fraction of sp³-hybridized carbons (Fsp3) is 0.462. The van der Waals surface area contributed by atoms with Crippen LogP contribution in [0.15, 0.2) is 43.0 Å². The minimum absolute atomic E-state index is 0.154. The maximum absolute atomic E-state index is 14.8. The zero-order valence-corrected chi connectivity index (χ0v) is 17.5. The van der Waals surface area contributed by atoms with Crippen molar-refractivity contribution in [3.8, 4) is 11.5 Å². The van der Waals surface area contributed by atoms with Gasteiger partial charge in [0.25, 0.3) is 0 Å². The van der Waals surface area contributed by atoms with E-state index in [2.05, 4.69) is 6.58 Å². The molecule has 0 heterocycles. The van der Waals surface area contributed by atoms with Crippen LogP contribution in [-0.2, 0) is 0 Å². The largest absolute Gasteiger partial charge is 0.490 e. The summed E-state index contributed by atoms with van der Waals surface area (Å²) in [5.41, 5.74) is 0.884. The molecule has 0 spiro atoms. The fourth-order valence-electron chi connectivity index (χ4n) is 4.52. The summed E-state index contributed by atoms with van der Waals surface area (Å²) in [5.74, 6) is 0.144. The van der Waals surface area contributed by atoms with Crippen LogP contribution in [-0.4, -0.2) is 12.2 Å². The molecule has 0 aliphatic heterocycles. The lowest BCUT2D eigenvalue weighted by atomic mass is 9.97. The van der Waals surface area contributed by atoms with Crippen LogP contribution in [0.25, 0.3) is 5.57 Å². The van der Waals surface area contributed by atoms with Gasteiger partial charge in [0.1, 0.15) is 23.1 Å². The van der Waals surface area contributed by atoms with E-state index in [0.717, 1.165) is 51.4 Å². The van der Waals surface area contributed by atoms with Crippen LogP contribution in [0.1, 0.15) is 75.3 Å². The second-order valence-corrected chi connectivity index (χ2v) is 8.52. The second kappa shape index (κ2) is 9.63. The molecule has 0 aromatic heterocycles. The smallest absolute Gasteiger partial charge is 0.134 e. The summed E-state index contributed by atoms with van der Waals surface area (Å²) in [7, 11) is 0. The number of hydrogen-bond acceptors (Lipinski definition) is 2. The summed E-state index contributed by atoms with van der Waals surface area (Å²) in [4.78, 5) is 0. The van der Waals surface area contributed by atoms with Crippen molar-refractivity contribution < 1.29 is 18.3 Å². The van der Waals surface area contributed by atoms with Gasteiger partial charge in [0.2, 0.25) is 0 Å². The average Bonchev–Trinajstić information content (AvgIpc) is 2.75. The maximum atomic E-state index is 14.8. The predicted molar refractivity (Wildman–Crippen MR) is 116 cm³/mol. The van der Waals surface area contributed by atoms with Crippen molar-refractivity contribution in [2.75, 3.05) is 0 Å². The molecule has 2 aliphatic rings. The van der Waals surface area contributed by atoms with E-state index in [4.69, 9.17) is 9.47 Å². The van der Waals surface area contributed by atoms with Gasteiger partial charge in [-0.1, -0.05) is 19.4 Å². The lowest BCUT2D eigenvalue weighted by Gasteiger charge is -2.23. The van der Waals surface area contributed by atoms with Crippen LogP contribution >= 0.6 is 0 Å². The Morgan fingerprint density at radius 3 is 1.43 bits per heavy atom. The van der Waals surface area contributed by atoms with E-state index in [1.54, 1.807) is 24.3 Å². The van der Waals surface area contributed by atoms with Gasteiger partial charge in [-0.25, -0.2) is 8.78 Å². The van der Waals surface area contributed by atoms with E-state index >= 15 is 0 Å². The van der Waals surface area contributed by atoms with Crippen LogP contribution in [0, 0.1) is 11.6 Å². The van der Waals surface area contributed by atoms with Gasteiger partial charge in [-0.15, -0.1) is 0 Å². The number of benzene rings is 2. The molecule has 2 aliphatic carbocycles. The molecule has 0 saturated heterocycles. The van der Waals surface area contributed by atoms with Crippen LogP contribution < -0.4 is 9.47 Å². The SMILES string of the molecule is C=C(c1ccc(OC2CCCCC2)cc1F)c1ccc(OC2CCCCC2)cc1F. The third-order valence-corrected chi connectivity index (χ3v) is 6.24. The minimum atomic E-state index is -0.449. The van der Waals surface area contributed by atoms with E-state index in [9.17, 15) is 8.78 Å². The molecule has 30 heavy (non-hydrogen) atoms. The number of halogens is 2. The van der Waals surface area contributed by atoms with Crippen LogP contribution in [0.5, 0.6) is 11.5 Å². The lowest BCUT2D eigenvalue weighted by molar-refractivity contribution is 0.154. The molecule has 0 bridgehead atoms. The Morgan fingerprint density at radius 1 is 0.667 bits per heavy atom. The zero-order chi connectivity index (χ0) is 20.9. The topological polar surface area (TPSA) is 18.5 Å². The van der Waals surface area contributed by atoms with Gasteiger partial charge < -0.3 is 9.47 Å². The third kappa shape index (κ3) is 5.03. The van der Waals surface area contributed by atoms with Gasteiger partial charge in [0.15, 0.2) is 0 Å². The summed E-state index contributed by atoms with van der Waals surface area (Å²) < 4.78 is 41.4. The van der Waals surface area contributed by atoms with Gasteiger partial charge in [-0.3, -0.25) is 0 Å². The number of ether oxygens (including phenoxy) is 2. The Kier molecular flexibility index (Phi) is 6.71. The number of rotatable bonds is 6. The quantitative estimate of drug-likeness (QED) is 0.490. The Labute approximate surface area is 177 Å². The molecule has 4 rings (SSSR count). The first-order valence-electron chi connectivity index (χ1n) is 11.2. The molecule has 2 fully saturated rings. The first-order valence-corrected chi connectivity index (χ1v) is 11.2. The van der Waals surface area contributed by atoms with Crippen molar-refractivity contribution >= 4 is 5.57 Å². The van der Waals surface area contributed by atoms with Gasteiger partial charge in [-0.05, 0) is 81.2 Å². The lowest BCUT2D eigenvalue weighted by Crippen LogP contribution is -2.19. The summed E-state index contributed by atoms with van der Waals surface area (Å²) in [6, 6.07) is 9.51. The van der Waals surface area contributed by atoms with Gasteiger partial charge >= 0.3 is 0 Å². The van der Waals surface area contributed by atoms with Crippen molar-refractivity contribution in [3.63, 3.8) is 0 Å². The maximum Gasteiger partial charge on any atom is 0.134 e. The standard InChI is InChI=1S/C26H30F2O2/c1-18(23-14-12-21(16-25(23)27)29-19-8-4-2-5-9-19)24-15-13-22(17-26(24)28)30-20-10-6-3-7-11-20/h12-17,19-20H,1-11H2. The van der Waals surface area contributed by atoms with Crippen molar-refractivity contribution in [2.24, 2.45) is 0 Å². The van der Waals surface area contributed by atoms with E-state index in [1.165, 1.54) is 25.0 Å². The van der Waals surface area contributed by atoms with E-state index in [1.807, 2.05) is 0 Å². The monoisotopic (exact) mass is 412 g/mol.